The van der Waals surface area contributed by atoms with E-state index in [1.54, 1.807) is 31.3 Å². The molecule has 0 atom stereocenters. The number of hydrogen-bond donors (Lipinski definition) is 2. The molecule has 4 rings (SSSR count). The number of nitrogens with one attached hydrogen (secondary N) is 2. The highest BCUT2D eigenvalue weighted by atomic mass is 19.4. The Labute approximate surface area is 200 Å². The summed E-state index contributed by atoms with van der Waals surface area (Å²) in [5, 5.41) is 5.68. The molecule has 0 unspecified atom stereocenters. The van der Waals surface area contributed by atoms with Crippen LogP contribution < -0.4 is 15.5 Å². The van der Waals surface area contributed by atoms with Gasteiger partial charge in [-0.15, -0.1) is 0 Å². The number of ether oxygens (including phenoxy) is 1. The molecule has 0 radical (unpaired) electrons. The molecule has 1 fully saturated rings. The summed E-state index contributed by atoms with van der Waals surface area (Å²) in [6.45, 7) is 1.41. The van der Waals surface area contributed by atoms with Gasteiger partial charge in [-0.05, 0) is 48.7 Å². The Kier molecular flexibility index (Phi) is 7.45. The van der Waals surface area contributed by atoms with Crippen LogP contribution in [0.4, 0.5) is 30.8 Å². The fraction of sp³-hybridized carbons (Fsp3) is 0.333. The van der Waals surface area contributed by atoms with E-state index in [-0.39, 0.29) is 18.6 Å². The van der Waals surface area contributed by atoms with Gasteiger partial charge in [-0.3, -0.25) is 4.79 Å². The number of hydrogen-bond acceptors (Lipinski definition) is 7. The van der Waals surface area contributed by atoms with Crippen LogP contribution in [0.3, 0.4) is 0 Å². The molecular weight excluding hydrogens is 461 g/mol. The molecule has 3 aromatic rings. The second kappa shape index (κ2) is 10.7. The van der Waals surface area contributed by atoms with Crippen LogP contribution >= 0.6 is 0 Å². The zero-order valence-electron chi connectivity index (χ0n) is 19.0. The lowest BCUT2D eigenvalue weighted by Crippen LogP contribution is -2.38. The largest absolute Gasteiger partial charge is 0.416 e. The summed E-state index contributed by atoms with van der Waals surface area (Å²) >= 11 is 0. The minimum absolute atomic E-state index is 0.0623. The summed E-state index contributed by atoms with van der Waals surface area (Å²) < 4.78 is 44.6. The Balaban J connectivity index is 1.31. The zero-order chi connectivity index (χ0) is 24.8. The first kappa shape index (κ1) is 24.4. The van der Waals surface area contributed by atoms with Crippen molar-refractivity contribution in [3.05, 3.63) is 71.5 Å². The highest BCUT2D eigenvalue weighted by Crippen LogP contribution is 2.30. The van der Waals surface area contributed by atoms with Crippen molar-refractivity contribution in [2.75, 3.05) is 30.4 Å². The first-order valence-corrected chi connectivity index (χ1v) is 11.1. The summed E-state index contributed by atoms with van der Waals surface area (Å²) in [6.07, 6.45) is -1.62. The summed E-state index contributed by atoms with van der Waals surface area (Å²) in [5.41, 5.74) is 1.01. The van der Waals surface area contributed by atoms with Crippen LogP contribution in [-0.2, 0) is 17.5 Å². The number of piperidine rings is 1. The third-order valence-corrected chi connectivity index (χ3v) is 5.63. The molecule has 0 spiro atoms. The molecule has 1 aromatic heterocycles. The van der Waals surface area contributed by atoms with Gasteiger partial charge in [-0.25, -0.2) is 9.97 Å². The second-order valence-electron chi connectivity index (χ2n) is 8.09. The number of aromatic nitrogens is 3. The van der Waals surface area contributed by atoms with Gasteiger partial charge in [0.2, 0.25) is 11.9 Å². The molecule has 2 aromatic carbocycles. The number of nitrogens with zero attached hydrogens (tertiary/aromatic N) is 4. The fourth-order valence-corrected chi connectivity index (χ4v) is 3.79. The van der Waals surface area contributed by atoms with Crippen molar-refractivity contribution in [2.24, 2.45) is 0 Å². The maximum Gasteiger partial charge on any atom is 0.416 e. The molecule has 184 valence electrons. The van der Waals surface area contributed by atoms with Crippen LogP contribution in [0.5, 0.6) is 0 Å². The van der Waals surface area contributed by atoms with E-state index >= 15 is 0 Å². The van der Waals surface area contributed by atoms with E-state index in [1.807, 2.05) is 11.0 Å². The smallest absolute Gasteiger partial charge is 0.373 e. The average molecular weight is 486 g/mol. The van der Waals surface area contributed by atoms with Gasteiger partial charge < -0.3 is 20.3 Å². The van der Waals surface area contributed by atoms with Gasteiger partial charge in [0.25, 0.3) is 5.91 Å². The number of benzene rings is 2. The topological polar surface area (TPSA) is 92.3 Å². The molecule has 1 saturated heterocycles. The average Bonchev–Trinajstić information content (AvgIpc) is 2.87. The van der Waals surface area contributed by atoms with Crippen molar-refractivity contribution in [1.29, 1.82) is 0 Å². The number of alkyl halides is 3. The van der Waals surface area contributed by atoms with Gasteiger partial charge in [0.1, 0.15) is 6.33 Å². The van der Waals surface area contributed by atoms with E-state index in [0.717, 1.165) is 12.1 Å². The minimum Gasteiger partial charge on any atom is -0.373 e. The highest BCUT2D eigenvalue weighted by Gasteiger charge is 2.30. The van der Waals surface area contributed by atoms with Crippen molar-refractivity contribution in [3.8, 4) is 0 Å². The lowest BCUT2D eigenvalue weighted by molar-refractivity contribution is -0.137. The summed E-state index contributed by atoms with van der Waals surface area (Å²) in [5.74, 6) is 0.677. The van der Waals surface area contributed by atoms with Crippen LogP contribution in [0, 0.1) is 0 Å². The normalized spacial score (nSPS) is 14.6. The standard InChI is InChI=1S/C24H25F3N6O2/c1-28-21(34)17-5-3-7-19(13-17)31-22-29-15-30-23(32-22)33-10-8-20(9-11-33)35-14-16-4-2-6-18(12-16)24(25,26)27/h2-7,12-13,15,20H,8-11,14H2,1H3,(H,28,34)(H,29,30,31,32). The number of anilines is 3. The third-order valence-electron chi connectivity index (χ3n) is 5.63. The van der Waals surface area contributed by atoms with Crippen LogP contribution in [0.15, 0.2) is 54.9 Å². The first-order valence-electron chi connectivity index (χ1n) is 11.1. The Morgan fingerprint density at radius 3 is 2.63 bits per heavy atom. The van der Waals surface area contributed by atoms with E-state index in [4.69, 9.17) is 4.74 Å². The van der Waals surface area contributed by atoms with E-state index in [0.29, 0.717) is 54.6 Å². The Bertz CT molecular complexity index is 1170. The fourth-order valence-electron chi connectivity index (χ4n) is 3.79. The first-order chi connectivity index (χ1) is 16.8. The van der Waals surface area contributed by atoms with Crippen LogP contribution in [0.1, 0.15) is 34.3 Å². The van der Waals surface area contributed by atoms with Gasteiger partial charge in [-0.1, -0.05) is 18.2 Å². The lowest BCUT2D eigenvalue weighted by atomic mass is 10.1. The maximum atomic E-state index is 12.9. The molecule has 8 nitrogen and oxygen atoms in total. The molecule has 0 aliphatic carbocycles. The van der Waals surface area contributed by atoms with Gasteiger partial charge in [0.15, 0.2) is 0 Å². The van der Waals surface area contributed by atoms with Gasteiger partial charge in [0, 0.05) is 31.4 Å². The SMILES string of the molecule is CNC(=O)c1cccc(Nc2ncnc(N3CCC(OCc4cccc(C(F)(F)F)c4)CC3)n2)c1. The van der Waals surface area contributed by atoms with Crippen LogP contribution in [-0.4, -0.2) is 47.1 Å². The van der Waals surface area contributed by atoms with Crippen molar-refractivity contribution in [1.82, 2.24) is 20.3 Å². The van der Waals surface area contributed by atoms with E-state index in [1.165, 1.54) is 12.4 Å². The number of amides is 1. The Morgan fingerprint density at radius 2 is 1.89 bits per heavy atom. The molecule has 2 N–H and O–H groups in total. The summed E-state index contributed by atoms with van der Waals surface area (Å²) in [4.78, 5) is 26.8. The van der Waals surface area contributed by atoms with Crippen LogP contribution in [0.2, 0.25) is 0 Å². The van der Waals surface area contributed by atoms with Crippen molar-refractivity contribution in [3.63, 3.8) is 0 Å². The Morgan fingerprint density at radius 1 is 1.11 bits per heavy atom. The lowest BCUT2D eigenvalue weighted by Gasteiger charge is -2.32. The number of carbonyl (C=O) groups is 1. The summed E-state index contributed by atoms with van der Waals surface area (Å²) in [7, 11) is 1.57. The maximum absolute atomic E-state index is 12.9. The molecule has 1 aliphatic heterocycles. The van der Waals surface area contributed by atoms with Gasteiger partial charge >= 0.3 is 6.18 Å². The molecule has 11 heteroatoms. The predicted octanol–water partition coefficient (Wildman–Crippen LogP) is 4.18. The molecule has 1 amide bonds. The quantitative estimate of drug-likeness (QED) is 0.518. The van der Waals surface area contributed by atoms with E-state index in [2.05, 4.69) is 25.6 Å². The zero-order valence-corrected chi connectivity index (χ0v) is 19.0. The predicted molar refractivity (Wildman–Crippen MR) is 124 cm³/mol. The van der Waals surface area contributed by atoms with E-state index in [9.17, 15) is 18.0 Å². The Hall–Kier alpha value is -3.73. The van der Waals surface area contributed by atoms with Crippen molar-refractivity contribution >= 4 is 23.5 Å². The third kappa shape index (κ3) is 6.44. The van der Waals surface area contributed by atoms with Crippen molar-refractivity contribution < 1.29 is 22.7 Å². The monoisotopic (exact) mass is 486 g/mol. The highest BCUT2D eigenvalue weighted by molar-refractivity contribution is 5.95. The molecular formula is C24H25F3N6O2. The van der Waals surface area contributed by atoms with Gasteiger partial charge in [-0.2, -0.15) is 18.2 Å². The molecule has 0 saturated carbocycles. The second-order valence-corrected chi connectivity index (χ2v) is 8.09. The number of rotatable bonds is 7. The summed E-state index contributed by atoms with van der Waals surface area (Å²) in [6, 6.07) is 12.2. The van der Waals surface area contributed by atoms with Crippen LogP contribution in [0.25, 0.3) is 0 Å². The van der Waals surface area contributed by atoms with Crippen molar-refractivity contribution in [2.45, 2.75) is 31.7 Å². The minimum atomic E-state index is -4.37. The van der Waals surface area contributed by atoms with E-state index < -0.39 is 11.7 Å². The molecule has 2 heterocycles. The molecule has 1 aliphatic rings. The number of halogens is 3. The molecule has 35 heavy (non-hydrogen) atoms. The van der Waals surface area contributed by atoms with Gasteiger partial charge in [0.05, 0.1) is 18.3 Å². The number of carbonyl (C=O) groups excluding carboxylic acids is 1. The molecule has 0 bridgehead atoms.